The first kappa shape index (κ1) is 15.5. The molecule has 0 saturated heterocycles. The number of alkyl halides is 3. The summed E-state index contributed by atoms with van der Waals surface area (Å²) in [7, 11) is 3.08. The van der Waals surface area contributed by atoms with Gasteiger partial charge in [-0.15, -0.1) is 0 Å². The minimum atomic E-state index is -4.47. The van der Waals surface area contributed by atoms with Crippen LogP contribution in [0.2, 0.25) is 0 Å². The van der Waals surface area contributed by atoms with Gasteiger partial charge in [-0.05, 0) is 20.0 Å². The van der Waals surface area contributed by atoms with Crippen molar-refractivity contribution in [3.8, 4) is 0 Å². The number of hydrogen-bond donors (Lipinski definition) is 1. The monoisotopic (exact) mass is 279 g/mol. The number of aromatic nitrogens is 2. The van der Waals surface area contributed by atoms with Crippen molar-refractivity contribution in [1.29, 1.82) is 0 Å². The number of aryl methyl sites for hydroxylation is 1. The first-order chi connectivity index (χ1) is 8.70. The Hall–Kier alpha value is -1.57. The molecular weight excluding hydrogens is 263 g/mol. The van der Waals surface area contributed by atoms with Crippen LogP contribution < -0.4 is 0 Å². The van der Waals surface area contributed by atoms with Gasteiger partial charge in [0.1, 0.15) is 0 Å². The summed E-state index contributed by atoms with van der Waals surface area (Å²) in [6.07, 6.45) is -2.74. The van der Waals surface area contributed by atoms with Gasteiger partial charge < -0.3 is 10.0 Å². The maximum Gasteiger partial charge on any atom is 0.435 e. The van der Waals surface area contributed by atoms with E-state index in [-0.39, 0.29) is 18.5 Å². The Labute approximate surface area is 108 Å². The normalized spacial score (nSPS) is 12.1. The van der Waals surface area contributed by atoms with Gasteiger partial charge in [0.25, 0.3) is 0 Å². The van der Waals surface area contributed by atoms with Crippen LogP contribution in [0.3, 0.4) is 0 Å². The van der Waals surface area contributed by atoms with Crippen molar-refractivity contribution in [3.63, 3.8) is 0 Å². The van der Waals surface area contributed by atoms with E-state index < -0.39 is 17.8 Å². The topological polar surface area (TPSA) is 58.4 Å². The van der Waals surface area contributed by atoms with E-state index in [0.717, 1.165) is 4.68 Å². The van der Waals surface area contributed by atoms with E-state index in [9.17, 15) is 18.0 Å². The molecule has 0 aliphatic heterocycles. The molecule has 0 radical (unpaired) electrons. The molecule has 0 atom stereocenters. The highest BCUT2D eigenvalue weighted by molar-refractivity contribution is 5.66. The number of hydrogen-bond acceptors (Lipinski definition) is 3. The van der Waals surface area contributed by atoms with Gasteiger partial charge in [-0.3, -0.25) is 9.48 Å². The summed E-state index contributed by atoms with van der Waals surface area (Å²) in [6, 6.07) is 0. The van der Waals surface area contributed by atoms with Crippen LogP contribution >= 0.6 is 0 Å². The van der Waals surface area contributed by atoms with Crippen molar-refractivity contribution < 1.29 is 23.1 Å². The second-order valence-corrected chi connectivity index (χ2v) is 4.41. The number of carboxylic acids is 1. The second-order valence-electron chi connectivity index (χ2n) is 4.41. The van der Waals surface area contributed by atoms with Crippen LogP contribution in [0.4, 0.5) is 13.2 Å². The Morgan fingerprint density at radius 1 is 1.53 bits per heavy atom. The van der Waals surface area contributed by atoms with Crippen LogP contribution in [-0.4, -0.2) is 39.3 Å². The van der Waals surface area contributed by atoms with Gasteiger partial charge in [0.2, 0.25) is 0 Å². The zero-order valence-corrected chi connectivity index (χ0v) is 10.7. The van der Waals surface area contributed by atoms with Gasteiger partial charge in [-0.1, -0.05) is 0 Å². The van der Waals surface area contributed by atoms with Crippen LogP contribution in [0.15, 0.2) is 6.20 Å². The minimum Gasteiger partial charge on any atom is -0.481 e. The lowest BCUT2D eigenvalue weighted by molar-refractivity contribution is -0.142. The average Bonchev–Trinajstić information content (AvgIpc) is 2.58. The molecule has 0 amide bonds. The summed E-state index contributed by atoms with van der Waals surface area (Å²) in [5, 5.41) is 11.9. The third-order valence-corrected chi connectivity index (χ3v) is 2.54. The number of aliphatic carboxylic acids is 1. The quantitative estimate of drug-likeness (QED) is 0.861. The van der Waals surface area contributed by atoms with E-state index in [1.165, 1.54) is 13.2 Å². The summed E-state index contributed by atoms with van der Waals surface area (Å²) in [6.45, 7) is 0.501. The molecule has 0 unspecified atom stereocenters. The van der Waals surface area contributed by atoms with Crippen LogP contribution in [0.25, 0.3) is 0 Å². The van der Waals surface area contributed by atoms with Gasteiger partial charge in [0.05, 0.1) is 0 Å². The average molecular weight is 279 g/mol. The molecule has 8 heteroatoms. The van der Waals surface area contributed by atoms with Crippen LogP contribution in [0.5, 0.6) is 0 Å². The largest absolute Gasteiger partial charge is 0.481 e. The SMILES string of the molecule is CN(CCCC(=O)O)Cc1cn(C)nc1C(F)(F)F. The Bertz CT molecular complexity index is 443. The molecule has 1 aromatic heterocycles. The standard InChI is InChI=1S/C11H16F3N3O2/c1-16(5-3-4-9(18)19)6-8-7-17(2)15-10(8)11(12,13)14/h7H,3-6H2,1-2H3,(H,18,19). The summed E-state index contributed by atoms with van der Waals surface area (Å²) in [4.78, 5) is 12.0. The molecule has 0 aromatic carbocycles. The van der Waals surface area contributed by atoms with E-state index in [1.807, 2.05) is 0 Å². The van der Waals surface area contributed by atoms with Gasteiger partial charge in [0.15, 0.2) is 5.69 Å². The Balaban J connectivity index is 2.64. The molecule has 5 nitrogen and oxygen atoms in total. The highest BCUT2D eigenvalue weighted by Crippen LogP contribution is 2.30. The van der Waals surface area contributed by atoms with Crippen molar-refractivity contribution >= 4 is 5.97 Å². The lowest BCUT2D eigenvalue weighted by Gasteiger charge is -2.16. The van der Waals surface area contributed by atoms with Gasteiger partial charge in [-0.2, -0.15) is 18.3 Å². The molecule has 0 spiro atoms. The molecule has 0 aliphatic rings. The summed E-state index contributed by atoms with van der Waals surface area (Å²) in [5.74, 6) is -0.911. The van der Waals surface area contributed by atoms with E-state index >= 15 is 0 Å². The zero-order valence-electron chi connectivity index (χ0n) is 10.7. The number of rotatable bonds is 6. The lowest BCUT2D eigenvalue weighted by Crippen LogP contribution is -2.21. The minimum absolute atomic E-state index is 0.00348. The first-order valence-electron chi connectivity index (χ1n) is 5.70. The van der Waals surface area contributed by atoms with E-state index in [1.54, 1.807) is 11.9 Å². The molecule has 0 bridgehead atoms. The number of carbonyl (C=O) groups is 1. The van der Waals surface area contributed by atoms with Crippen LogP contribution in [0, 0.1) is 0 Å². The smallest absolute Gasteiger partial charge is 0.435 e. The molecule has 0 saturated carbocycles. The molecule has 108 valence electrons. The van der Waals surface area contributed by atoms with Crippen LogP contribution in [0.1, 0.15) is 24.1 Å². The van der Waals surface area contributed by atoms with E-state index in [0.29, 0.717) is 13.0 Å². The third-order valence-electron chi connectivity index (χ3n) is 2.54. The van der Waals surface area contributed by atoms with E-state index in [2.05, 4.69) is 5.10 Å². The lowest BCUT2D eigenvalue weighted by atomic mass is 10.2. The first-order valence-corrected chi connectivity index (χ1v) is 5.70. The summed E-state index contributed by atoms with van der Waals surface area (Å²) in [5.41, 5.74) is -0.798. The molecule has 1 aromatic rings. The Kier molecular flexibility index (Phi) is 4.93. The fraction of sp³-hybridized carbons (Fsp3) is 0.636. The maximum atomic E-state index is 12.7. The predicted octanol–water partition coefficient (Wildman–Crippen LogP) is 1.74. The molecule has 1 heterocycles. The second kappa shape index (κ2) is 6.05. The molecule has 0 aliphatic carbocycles. The van der Waals surface area contributed by atoms with Gasteiger partial charge in [-0.25, -0.2) is 0 Å². The van der Waals surface area contributed by atoms with E-state index in [4.69, 9.17) is 5.11 Å². The highest BCUT2D eigenvalue weighted by Gasteiger charge is 2.36. The summed E-state index contributed by atoms with van der Waals surface area (Å²) < 4.78 is 39.2. The predicted molar refractivity (Wildman–Crippen MR) is 61.4 cm³/mol. The van der Waals surface area contributed by atoms with Crippen molar-refractivity contribution in [2.75, 3.05) is 13.6 Å². The third kappa shape index (κ3) is 4.90. The number of halogens is 3. The molecular formula is C11H16F3N3O2. The zero-order chi connectivity index (χ0) is 14.6. The number of nitrogens with zero attached hydrogens (tertiary/aromatic N) is 3. The fourth-order valence-electron chi connectivity index (χ4n) is 1.76. The maximum absolute atomic E-state index is 12.7. The highest BCUT2D eigenvalue weighted by atomic mass is 19.4. The summed E-state index contributed by atoms with van der Waals surface area (Å²) >= 11 is 0. The number of carboxylic acid groups (broad SMARTS) is 1. The van der Waals surface area contributed by atoms with Crippen molar-refractivity contribution in [2.45, 2.75) is 25.6 Å². The molecule has 19 heavy (non-hydrogen) atoms. The molecule has 0 fully saturated rings. The molecule has 1 N–H and O–H groups in total. The van der Waals surface area contributed by atoms with Gasteiger partial charge >= 0.3 is 12.1 Å². The van der Waals surface area contributed by atoms with Crippen LogP contribution in [-0.2, 0) is 24.6 Å². The van der Waals surface area contributed by atoms with Crippen molar-refractivity contribution in [2.24, 2.45) is 7.05 Å². The molecule has 1 rings (SSSR count). The fourth-order valence-corrected chi connectivity index (χ4v) is 1.76. The van der Waals surface area contributed by atoms with Gasteiger partial charge in [0, 0.05) is 31.8 Å². The Morgan fingerprint density at radius 2 is 2.16 bits per heavy atom. The van der Waals surface area contributed by atoms with Crippen molar-refractivity contribution in [1.82, 2.24) is 14.7 Å². The Morgan fingerprint density at radius 3 is 2.68 bits per heavy atom. The van der Waals surface area contributed by atoms with Crippen molar-refractivity contribution in [3.05, 3.63) is 17.5 Å².